The van der Waals surface area contributed by atoms with E-state index in [9.17, 15) is 0 Å². The second-order valence-electron chi connectivity index (χ2n) is 4.32. The Labute approximate surface area is 92.5 Å². The van der Waals surface area contributed by atoms with Crippen molar-refractivity contribution in [2.75, 3.05) is 5.33 Å². The van der Waals surface area contributed by atoms with Gasteiger partial charge in [0.15, 0.2) is 0 Å². The van der Waals surface area contributed by atoms with Gasteiger partial charge in [-0.1, -0.05) is 28.9 Å². The van der Waals surface area contributed by atoms with Crippen LogP contribution in [0.4, 0.5) is 0 Å². The van der Waals surface area contributed by atoms with Gasteiger partial charge in [0.05, 0.1) is 0 Å². The van der Waals surface area contributed by atoms with Crippen molar-refractivity contribution < 1.29 is 0 Å². The van der Waals surface area contributed by atoms with Crippen LogP contribution in [0.3, 0.4) is 0 Å². The van der Waals surface area contributed by atoms with Gasteiger partial charge in [-0.15, -0.1) is 11.3 Å². The Morgan fingerprint density at radius 3 is 2.85 bits per heavy atom. The van der Waals surface area contributed by atoms with Gasteiger partial charge in [-0.05, 0) is 42.0 Å². The monoisotopic (exact) mass is 258 g/mol. The van der Waals surface area contributed by atoms with Crippen molar-refractivity contribution in [1.29, 1.82) is 0 Å². The predicted molar refractivity (Wildman–Crippen MR) is 62.6 cm³/mol. The van der Waals surface area contributed by atoms with E-state index < -0.39 is 0 Å². The summed E-state index contributed by atoms with van der Waals surface area (Å²) in [7, 11) is 0. The molecule has 1 fully saturated rings. The largest absolute Gasteiger partial charge is 0.149 e. The molecular weight excluding hydrogens is 244 g/mol. The van der Waals surface area contributed by atoms with Crippen molar-refractivity contribution in [3.63, 3.8) is 0 Å². The quantitative estimate of drug-likeness (QED) is 0.714. The van der Waals surface area contributed by atoms with Crippen LogP contribution in [0.5, 0.6) is 0 Å². The van der Waals surface area contributed by atoms with E-state index >= 15 is 0 Å². The van der Waals surface area contributed by atoms with E-state index in [1.54, 1.807) is 0 Å². The molecule has 0 nitrogen and oxygen atoms in total. The van der Waals surface area contributed by atoms with Gasteiger partial charge in [0.25, 0.3) is 0 Å². The lowest BCUT2D eigenvalue weighted by Gasteiger charge is -2.26. The van der Waals surface area contributed by atoms with Crippen LogP contribution in [-0.4, -0.2) is 5.33 Å². The topological polar surface area (TPSA) is 0 Å². The summed E-state index contributed by atoms with van der Waals surface area (Å²) < 4.78 is 0. The van der Waals surface area contributed by atoms with Gasteiger partial charge in [0.1, 0.15) is 0 Å². The first kappa shape index (κ1) is 9.72. The zero-order chi connectivity index (χ0) is 9.31. The van der Waals surface area contributed by atoms with Gasteiger partial charge in [-0.25, -0.2) is 0 Å². The maximum absolute atomic E-state index is 3.66. The van der Waals surface area contributed by atoms with E-state index in [2.05, 4.69) is 40.4 Å². The molecule has 2 heteroatoms. The molecule has 0 spiro atoms. The molecule has 0 bridgehead atoms. The van der Waals surface area contributed by atoms with Gasteiger partial charge in [0, 0.05) is 10.2 Å². The second-order valence-corrected chi connectivity index (χ2v) is 5.91. The van der Waals surface area contributed by atoms with Gasteiger partial charge in [-0.2, -0.15) is 0 Å². The smallest absolute Gasteiger partial charge is 0.00914 e. The zero-order valence-corrected chi connectivity index (χ0v) is 10.3. The molecule has 0 amide bonds. The van der Waals surface area contributed by atoms with Crippen molar-refractivity contribution in [3.05, 3.63) is 22.4 Å². The average molecular weight is 259 g/mol. The zero-order valence-electron chi connectivity index (χ0n) is 7.92. The summed E-state index contributed by atoms with van der Waals surface area (Å²) in [5.41, 5.74) is 0.505. The fourth-order valence-corrected chi connectivity index (χ4v) is 3.45. The summed E-state index contributed by atoms with van der Waals surface area (Å²) in [6, 6.07) is 4.41. The van der Waals surface area contributed by atoms with E-state index in [1.165, 1.54) is 24.1 Å². The number of thiophene rings is 1. The second kappa shape index (κ2) is 3.74. The lowest BCUT2D eigenvalue weighted by molar-refractivity contribution is 0.321. The van der Waals surface area contributed by atoms with Gasteiger partial charge in [0.2, 0.25) is 0 Å². The van der Waals surface area contributed by atoms with Crippen LogP contribution in [0, 0.1) is 11.3 Å². The number of hydrogen-bond donors (Lipinski definition) is 0. The van der Waals surface area contributed by atoms with Crippen LogP contribution in [0.1, 0.15) is 24.6 Å². The maximum atomic E-state index is 3.66. The molecule has 13 heavy (non-hydrogen) atoms. The number of rotatable bonds is 4. The Balaban J connectivity index is 2.05. The number of hydrogen-bond acceptors (Lipinski definition) is 1. The normalized spacial score (nSPS) is 21.4. The lowest BCUT2D eigenvalue weighted by Crippen LogP contribution is -2.23. The molecule has 1 aromatic heterocycles. The standard InChI is InChI=1S/C11H15BrS/c1-11(8-12,9-4-5-9)7-10-3-2-6-13-10/h2-3,6,9H,4-5,7-8H2,1H3. The highest BCUT2D eigenvalue weighted by Gasteiger charge is 2.40. The van der Waals surface area contributed by atoms with Crippen molar-refractivity contribution in [2.45, 2.75) is 26.2 Å². The van der Waals surface area contributed by atoms with Crippen LogP contribution in [0.2, 0.25) is 0 Å². The average Bonchev–Trinajstić information content (AvgIpc) is 2.88. The number of halogens is 1. The van der Waals surface area contributed by atoms with Crippen molar-refractivity contribution in [1.82, 2.24) is 0 Å². The summed E-state index contributed by atoms with van der Waals surface area (Å²) in [6.07, 6.45) is 4.13. The molecule has 1 aliphatic carbocycles. The van der Waals surface area contributed by atoms with Crippen LogP contribution >= 0.6 is 27.3 Å². The minimum atomic E-state index is 0.505. The van der Waals surface area contributed by atoms with Gasteiger partial charge >= 0.3 is 0 Å². The molecule has 0 aliphatic heterocycles. The fraction of sp³-hybridized carbons (Fsp3) is 0.636. The van der Waals surface area contributed by atoms with Gasteiger partial charge < -0.3 is 0 Å². The number of alkyl halides is 1. The Kier molecular flexibility index (Phi) is 2.80. The summed E-state index contributed by atoms with van der Waals surface area (Å²) in [4.78, 5) is 1.54. The molecule has 1 heterocycles. The van der Waals surface area contributed by atoms with Crippen LogP contribution in [0.25, 0.3) is 0 Å². The Bertz CT molecular complexity index is 264. The molecule has 0 N–H and O–H groups in total. The Hall–Kier alpha value is 0.180. The summed E-state index contributed by atoms with van der Waals surface area (Å²) in [5.74, 6) is 0.967. The van der Waals surface area contributed by atoms with Gasteiger partial charge in [-0.3, -0.25) is 0 Å². The third-order valence-electron chi connectivity index (χ3n) is 3.03. The first-order valence-electron chi connectivity index (χ1n) is 4.83. The third kappa shape index (κ3) is 2.16. The Morgan fingerprint density at radius 1 is 1.62 bits per heavy atom. The molecule has 2 rings (SSSR count). The van der Waals surface area contributed by atoms with E-state index in [0.717, 1.165) is 11.2 Å². The van der Waals surface area contributed by atoms with Crippen LogP contribution in [-0.2, 0) is 6.42 Å². The highest BCUT2D eigenvalue weighted by molar-refractivity contribution is 9.09. The molecule has 1 aliphatic rings. The molecule has 72 valence electrons. The first-order valence-corrected chi connectivity index (χ1v) is 6.83. The summed E-state index contributed by atoms with van der Waals surface area (Å²) in [5, 5.41) is 3.32. The third-order valence-corrected chi connectivity index (χ3v) is 5.18. The highest BCUT2D eigenvalue weighted by atomic mass is 79.9. The van der Waals surface area contributed by atoms with Crippen LogP contribution < -0.4 is 0 Å². The van der Waals surface area contributed by atoms with E-state index in [4.69, 9.17) is 0 Å². The lowest BCUT2D eigenvalue weighted by atomic mass is 9.83. The van der Waals surface area contributed by atoms with Crippen molar-refractivity contribution >= 4 is 27.3 Å². The fourth-order valence-electron chi connectivity index (χ4n) is 1.89. The molecule has 0 radical (unpaired) electrons. The predicted octanol–water partition coefficient (Wildman–Crippen LogP) is 4.10. The maximum Gasteiger partial charge on any atom is 0.00914 e. The van der Waals surface area contributed by atoms with Crippen LogP contribution in [0.15, 0.2) is 17.5 Å². The van der Waals surface area contributed by atoms with E-state index in [1.807, 2.05) is 11.3 Å². The van der Waals surface area contributed by atoms with Crippen molar-refractivity contribution in [3.8, 4) is 0 Å². The van der Waals surface area contributed by atoms with E-state index in [0.29, 0.717) is 5.41 Å². The molecule has 1 saturated carbocycles. The molecule has 1 aromatic rings. The minimum absolute atomic E-state index is 0.505. The van der Waals surface area contributed by atoms with Crippen molar-refractivity contribution in [2.24, 2.45) is 11.3 Å². The Morgan fingerprint density at radius 2 is 2.38 bits per heavy atom. The summed E-state index contributed by atoms with van der Waals surface area (Å²) in [6.45, 7) is 2.42. The summed E-state index contributed by atoms with van der Waals surface area (Å²) >= 11 is 5.55. The molecule has 0 saturated heterocycles. The minimum Gasteiger partial charge on any atom is -0.149 e. The molecule has 1 unspecified atom stereocenters. The molecule has 0 aromatic carbocycles. The highest BCUT2D eigenvalue weighted by Crippen LogP contribution is 2.48. The first-order chi connectivity index (χ1) is 6.24. The molecular formula is C11H15BrS. The SMILES string of the molecule is CC(CBr)(Cc1cccs1)C1CC1. The van der Waals surface area contributed by atoms with E-state index in [-0.39, 0.29) is 0 Å². The molecule has 1 atom stereocenters.